The van der Waals surface area contributed by atoms with Gasteiger partial charge in [0.2, 0.25) is 15.9 Å². The highest BCUT2D eigenvalue weighted by atomic mass is 32.2. The molecule has 0 bridgehead atoms. The first kappa shape index (κ1) is 31.3. The predicted molar refractivity (Wildman–Crippen MR) is 151 cm³/mol. The number of benzene rings is 1. The fraction of sp³-hybridized carbons (Fsp3) is 0.714. The van der Waals surface area contributed by atoms with E-state index in [1.54, 1.807) is 0 Å². The van der Waals surface area contributed by atoms with Crippen LogP contribution in [0.4, 0.5) is 0 Å². The zero-order valence-corrected chi connectivity index (χ0v) is 25.0. The number of nitrogens with one attached hydrogen (secondary N) is 1. The SMILES string of the molecule is CCCCN(CCC[N+](C)(C)C)C(=O)CN1C[C@H](c2ccc3c(c2)CCO3)C(C(=O)O)[C@@H]1CCNS(C)(=O)=O. The highest BCUT2D eigenvalue weighted by molar-refractivity contribution is 7.88. The molecule has 1 amide bonds. The smallest absolute Gasteiger partial charge is 0.308 e. The number of hydrogen-bond donors (Lipinski definition) is 2. The Labute approximate surface area is 233 Å². The third-order valence-corrected chi connectivity index (χ3v) is 8.44. The second-order valence-corrected chi connectivity index (χ2v) is 13.8. The van der Waals surface area contributed by atoms with Gasteiger partial charge in [-0.15, -0.1) is 0 Å². The van der Waals surface area contributed by atoms with E-state index in [9.17, 15) is 23.1 Å². The molecule has 0 aromatic heterocycles. The lowest BCUT2D eigenvalue weighted by Crippen LogP contribution is -2.46. The van der Waals surface area contributed by atoms with Crippen LogP contribution in [-0.2, 0) is 26.0 Å². The first-order chi connectivity index (χ1) is 18.3. The highest BCUT2D eigenvalue weighted by Gasteiger charge is 2.47. The third kappa shape index (κ3) is 9.16. The molecule has 39 heavy (non-hydrogen) atoms. The topological polar surface area (TPSA) is 116 Å². The lowest BCUT2D eigenvalue weighted by molar-refractivity contribution is -0.870. The number of aliphatic carboxylic acids is 1. The van der Waals surface area contributed by atoms with Gasteiger partial charge in [0.25, 0.3) is 0 Å². The van der Waals surface area contributed by atoms with Gasteiger partial charge in [-0.3, -0.25) is 14.5 Å². The molecule has 1 unspecified atom stereocenters. The maximum absolute atomic E-state index is 13.6. The van der Waals surface area contributed by atoms with Crippen LogP contribution in [-0.4, -0.2) is 119 Å². The number of sulfonamides is 1. The zero-order chi connectivity index (χ0) is 28.8. The molecule has 0 aliphatic carbocycles. The van der Waals surface area contributed by atoms with Crippen molar-refractivity contribution in [1.82, 2.24) is 14.5 Å². The highest BCUT2D eigenvalue weighted by Crippen LogP contribution is 2.41. The van der Waals surface area contributed by atoms with Crippen molar-refractivity contribution in [2.45, 2.75) is 51.0 Å². The van der Waals surface area contributed by atoms with E-state index >= 15 is 0 Å². The van der Waals surface area contributed by atoms with E-state index in [1.807, 2.05) is 28.0 Å². The van der Waals surface area contributed by atoms with E-state index in [0.29, 0.717) is 32.7 Å². The molecule has 220 valence electrons. The fourth-order valence-corrected chi connectivity index (χ4v) is 6.23. The van der Waals surface area contributed by atoms with Crippen LogP contribution in [0.3, 0.4) is 0 Å². The van der Waals surface area contributed by atoms with Crippen LogP contribution in [0.15, 0.2) is 18.2 Å². The number of rotatable bonds is 15. The molecule has 1 aromatic rings. The number of ether oxygens (including phenoxy) is 1. The van der Waals surface area contributed by atoms with E-state index in [0.717, 1.165) is 59.8 Å². The van der Waals surface area contributed by atoms with E-state index in [1.165, 1.54) is 0 Å². The van der Waals surface area contributed by atoms with Crippen LogP contribution in [0.5, 0.6) is 5.75 Å². The number of hydrogen-bond acceptors (Lipinski definition) is 6. The number of carbonyl (C=O) groups is 2. The Hall–Kier alpha value is -2.21. The lowest BCUT2D eigenvalue weighted by Gasteiger charge is -2.30. The molecule has 3 rings (SSSR count). The molecule has 0 spiro atoms. The molecule has 10 nitrogen and oxygen atoms in total. The molecule has 11 heteroatoms. The molecule has 1 fully saturated rings. The zero-order valence-electron chi connectivity index (χ0n) is 24.2. The maximum Gasteiger partial charge on any atom is 0.308 e. The van der Waals surface area contributed by atoms with Crippen molar-refractivity contribution in [2.24, 2.45) is 5.92 Å². The molecule has 2 N–H and O–H groups in total. The van der Waals surface area contributed by atoms with Gasteiger partial charge in [-0.2, -0.15) is 0 Å². The molecule has 1 saturated heterocycles. The number of likely N-dealkylation sites (tertiary alicyclic amines) is 1. The first-order valence-corrected chi connectivity index (χ1v) is 15.9. The van der Waals surface area contributed by atoms with E-state index in [-0.39, 0.29) is 24.9 Å². The number of nitrogens with zero attached hydrogens (tertiary/aromatic N) is 3. The molecule has 0 saturated carbocycles. The average Bonchev–Trinajstić information content (AvgIpc) is 3.44. The minimum atomic E-state index is -3.42. The third-order valence-electron chi connectivity index (χ3n) is 7.71. The first-order valence-electron chi connectivity index (χ1n) is 14.0. The van der Waals surface area contributed by atoms with Crippen LogP contribution in [0.2, 0.25) is 0 Å². The molecular formula is C28H47N4O6S+. The summed E-state index contributed by atoms with van der Waals surface area (Å²) in [5.74, 6) is -1.17. The Kier molecular flexibility index (Phi) is 10.8. The van der Waals surface area contributed by atoms with Crippen molar-refractivity contribution in [3.8, 4) is 5.75 Å². The van der Waals surface area contributed by atoms with Crippen LogP contribution in [0.25, 0.3) is 0 Å². The fourth-order valence-electron chi connectivity index (χ4n) is 5.74. The van der Waals surface area contributed by atoms with Gasteiger partial charge < -0.3 is 19.2 Å². The number of fused-ring (bicyclic) bond motifs is 1. The summed E-state index contributed by atoms with van der Waals surface area (Å²) in [5, 5.41) is 10.4. The van der Waals surface area contributed by atoms with Crippen molar-refractivity contribution < 1.29 is 32.3 Å². The second kappa shape index (κ2) is 13.4. The van der Waals surface area contributed by atoms with Crippen molar-refractivity contribution in [3.05, 3.63) is 29.3 Å². The number of unbranched alkanes of at least 4 members (excludes halogenated alkanes) is 1. The number of carbonyl (C=O) groups excluding carboxylic acids is 1. The van der Waals surface area contributed by atoms with E-state index in [2.05, 4.69) is 32.8 Å². The van der Waals surface area contributed by atoms with Gasteiger partial charge in [0.1, 0.15) is 5.75 Å². The molecule has 0 radical (unpaired) electrons. The largest absolute Gasteiger partial charge is 0.493 e. The monoisotopic (exact) mass is 567 g/mol. The van der Waals surface area contributed by atoms with Gasteiger partial charge in [-0.05, 0) is 30.0 Å². The maximum atomic E-state index is 13.6. The number of carboxylic acid groups (broad SMARTS) is 1. The summed E-state index contributed by atoms with van der Waals surface area (Å²) in [6.07, 6.45) is 4.96. The number of carboxylic acids is 1. The summed E-state index contributed by atoms with van der Waals surface area (Å²) < 4.78 is 32.4. The Morgan fingerprint density at radius 3 is 2.56 bits per heavy atom. The lowest BCUT2D eigenvalue weighted by atomic mass is 9.83. The summed E-state index contributed by atoms with van der Waals surface area (Å²) in [6.45, 7) is 5.67. The Morgan fingerprint density at radius 1 is 1.21 bits per heavy atom. The van der Waals surface area contributed by atoms with Crippen molar-refractivity contribution >= 4 is 21.9 Å². The standard InChI is InChI=1S/C28H46N4O6S/c1-6-7-14-30(15-8-16-32(2,3)4)26(33)20-31-19-23(21-9-10-25-22(18-21)12-17-38-25)27(28(34)35)24(31)11-13-29-39(5,36)37/h9-10,18,23-24,27,29H,6-8,11-17,19-20H2,1-5H3/p+1/t23-,24+,27?/m1/s1. The van der Waals surface area contributed by atoms with E-state index in [4.69, 9.17) is 4.74 Å². The number of quaternary nitrogens is 1. The van der Waals surface area contributed by atoms with Crippen molar-refractivity contribution in [1.29, 1.82) is 0 Å². The molecule has 1 aromatic carbocycles. The Morgan fingerprint density at radius 2 is 1.92 bits per heavy atom. The molecule has 3 atom stereocenters. The summed E-state index contributed by atoms with van der Waals surface area (Å²) in [6, 6.07) is 5.40. The molecular weight excluding hydrogens is 520 g/mol. The van der Waals surface area contributed by atoms with Crippen LogP contribution < -0.4 is 9.46 Å². The normalized spacial score (nSPS) is 21.5. The summed E-state index contributed by atoms with van der Waals surface area (Å²) in [5.41, 5.74) is 2.00. The number of amides is 1. The summed E-state index contributed by atoms with van der Waals surface area (Å²) >= 11 is 0. The van der Waals surface area contributed by atoms with Gasteiger partial charge in [-0.1, -0.05) is 25.5 Å². The van der Waals surface area contributed by atoms with Crippen LogP contribution in [0.1, 0.15) is 49.7 Å². The summed E-state index contributed by atoms with van der Waals surface area (Å²) in [4.78, 5) is 30.1. The van der Waals surface area contributed by atoms with Gasteiger partial charge in [0.05, 0.1) is 53.0 Å². The van der Waals surface area contributed by atoms with Gasteiger partial charge >= 0.3 is 5.97 Å². The van der Waals surface area contributed by atoms with Crippen molar-refractivity contribution in [2.75, 3.05) is 73.3 Å². The van der Waals surface area contributed by atoms with Gasteiger partial charge in [-0.25, -0.2) is 13.1 Å². The minimum absolute atomic E-state index is 0.00178. The van der Waals surface area contributed by atoms with Crippen molar-refractivity contribution in [3.63, 3.8) is 0 Å². The van der Waals surface area contributed by atoms with Gasteiger partial charge in [0.15, 0.2) is 0 Å². The molecule has 2 aliphatic rings. The Bertz CT molecular complexity index is 1100. The molecule has 2 heterocycles. The van der Waals surface area contributed by atoms with Crippen LogP contribution in [0, 0.1) is 5.92 Å². The quantitative estimate of drug-likeness (QED) is 0.310. The van der Waals surface area contributed by atoms with Crippen LogP contribution >= 0.6 is 0 Å². The van der Waals surface area contributed by atoms with Gasteiger partial charge in [0, 0.05) is 51.0 Å². The van der Waals surface area contributed by atoms with E-state index < -0.39 is 28.0 Å². The average molecular weight is 568 g/mol. The predicted octanol–water partition coefficient (Wildman–Crippen LogP) is 1.75. The Balaban J connectivity index is 1.83. The minimum Gasteiger partial charge on any atom is -0.493 e. The molecule has 2 aliphatic heterocycles. The summed E-state index contributed by atoms with van der Waals surface area (Å²) in [7, 11) is 2.98. The second-order valence-electron chi connectivity index (χ2n) is 12.0.